The van der Waals surface area contributed by atoms with Gasteiger partial charge in [0.25, 0.3) is 0 Å². The molecule has 0 unspecified atom stereocenters. The minimum Gasteiger partial charge on any atom is -0.497 e. The van der Waals surface area contributed by atoms with E-state index in [9.17, 15) is 9.59 Å². The summed E-state index contributed by atoms with van der Waals surface area (Å²) in [4.78, 5) is 28.6. The first-order valence-electron chi connectivity index (χ1n) is 14.0. The maximum absolute atomic E-state index is 13.9. The van der Waals surface area contributed by atoms with Crippen LogP contribution in [0.1, 0.15) is 22.8 Å². The van der Waals surface area contributed by atoms with Crippen molar-refractivity contribution in [1.82, 2.24) is 15.1 Å². The van der Waals surface area contributed by atoms with Crippen molar-refractivity contribution in [2.24, 2.45) is 0 Å². The van der Waals surface area contributed by atoms with E-state index in [1.165, 1.54) is 11.8 Å². The number of hydrogen-bond donors (Lipinski definition) is 1. The van der Waals surface area contributed by atoms with Gasteiger partial charge in [-0.3, -0.25) is 14.5 Å². The van der Waals surface area contributed by atoms with Crippen LogP contribution < -0.4 is 24.4 Å². The molecule has 10 nitrogen and oxygen atoms in total. The molecule has 6 rings (SSSR count). The Bertz CT molecular complexity index is 1610. The molecule has 0 saturated carbocycles. The van der Waals surface area contributed by atoms with Crippen LogP contribution in [0.3, 0.4) is 0 Å². The van der Waals surface area contributed by atoms with Crippen molar-refractivity contribution in [3.8, 4) is 34.2 Å². The van der Waals surface area contributed by atoms with E-state index in [1.807, 2.05) is 72.8 Å². The number of carbonyl (C=O) groups excluding carboxylic acids is 2. The molecule has 0 aliphatic carbocycles. The second-order valence-corrected chi connectivity index (χ2v) is 11.1. The predicted molar refractivity (Wildman–Crippen MR) is 164 cm³/mol. The van der Waals surface area contributed by atoms with Crippen molar-refractivity contribution in [3.63, 3.8) is 0 Å². The van der Waals surface area contributed by atoms with Crippen LogP contribution in [0.2, 0.25) is 0 Å². The summed E-state index contributed by atoms with van der Waals surface area (Å²) in [5, 5.41) is 7.76. The number of methoxy groups -OCH3 is 2. The molecule has 2 aliphatic rings. The van der Waals surface area contributed by atoms with Gasteiger partial charge in [-0.05, 0) is 48.4 Å². The number of nitrogens with one attached hydrogen (secondary N) is 1. The Labute approximate surface area is 253 Å². The smallest absolute Gasteiger partial charge is 0.240 e. The van der Waals surface area contributed by atoms with E-state index in [2.05, 4.69) is 5.32 Å². The van der Waals surface area contributed by atoms with Crippen LogP contribution in [-0.4, -0.2) is 68.1 Å². The van der Waals surface area contributed by atoms with Gasteiger partial charge in [-0.25, -0.2) is 4.68 Å². The molecule has 0 fully saturated rings. The summed E-state index contributed by atoms with van der Waals surface area (Å²) >= 11 is 1.50. The molecule has 2 amide bonds. The Balaban J connectivity index is 1.53. The predicted octanol–water partition coefficient (Wildman–Crippen LogP) is 4.60. The highest BCUT2D eigenvalue weighted by Crippen LogP contribution is 2.50. The molecule has 1 N–H and O–H groups in total. The zero-order valence-electron chi connectivity index (χ0n) is 23.9. The van der Waals surface area contributed by atoms with Gasteiger partial charge in [0, 0.05) is 31.4 Å². The lowest BCUT2D eigenvalue weighted by Gasteiger charge is -2.23. The van der Waals surface area contributed by atoms with Crippen LogP contribution in [0.4, 0.5) is 5.82 Å². The molecular weight excluding hydrogens is 568 g/mol. The molecule has 0 bridgehead atoms. The third-order valence-corrected chi connectivity index (χ3v) is 8.56. The fourth-order valence-corrected chi connectivity index (χ4v) is 6.40. The normalized spacial score (nSPS) is 15.6. The summed E-state index contributed by atoms with van der Waals surface area (Å²) in [7, 11) is 3.24. The van der Waals surface area contributed by atoms with Crippen LogP contribution >= 0.6 is 11.8 Å². The van der Waals surface area contributed by atoms with Crippen LogP contribution in [-0.2, 0) is 14.3 Å². The summed E-state index contributed by atoms with van der Waals surface area (Å²) in [5.74, 6) is 2.31. The second kappa shape index (κ2) is 12.8. The van der Waals surface area contributed by atoms with Crippen molar-refractivity contribution in [1.29, 1.82) is 0 Å². The summed E-state index contributed by atoms with van der Waals surface area (Å²) in [6, 6.07) is 23.2. The average Bonchev–Trinajstić information content (AvgIpc) is 3.64. The van der Waals surface area contributed by atoms with Gasteiger partial charge in [-0.1, -0.05) is 36.4 Å². The van der Waals surface area contributed by atoms with Gasteiger partial charge < -0.3 is 24.3 Å². The number of rotatable bonds is 10. The molecule has 4 aromatic rings. The Morgan fingerprint density at radius 2 is 1.84 bits per heavy atom. The number of hydrogen-bond acceptors (Lipinski definition) is 8. The first-order chi connectivity index (χ1) is 21.1. The molecule has 0 saturated heterocycles. The van der Waals surface area contributed by atoms with E-state index in [-0.39, 0.29) is 36.2 Å². The van der Waals surface area contributed by atoms with Crippen LogP contribution in [0, 0.1) is 0 Å². The summed E-state index contributed by atoms with van der Waals surface area (Å²) in [6.45, 7) is 0.996. The molecule has 222 valence electrons. The van der Waals surface area contributed by atoms with E-state index in [0.29, 0.717) is 42.6 Å². The molecule has 43 heavy (non-hydrogen) atoms. The molecule has 1 aromatic heterocycles. The van der Waals surface area contributed by atoms with Crippen molar-refractivity contribution in [2.75, 3.05) is 51.4 Å². The van der Waals surface area contributed by atoms with E-state index in [1.54, 1.807) is 23.8 Å². The van der Waals surface area contributed by atoms with Gasteiger partial charge in [0.2, 0.25) is 18.6 Å². The zero-order chi connectivity index (χ0) is 29.8. The van der Waals surface area contributed by atoms with Gasteiger partial charge in [0.15, 0.2) is 11.5 Å². The summed E-state index contributed by atoms with van der Waals surface area (Å²) in [5.41, 5.74) is 4.14. The number of benzene rings is 3. The summed E-state index contributed by atoms with van der Waals surface area (Å²) < 4.78 is 23.5. The highest BCUT2D eigenvalue weighted by atomic mass is 32.2. The number of nitrogens with zero attached hydrogens (tertiary/aromatic N) is 3. The van der Waals surface area contributed by atoms with E-state index >= 15 is 0 Å². The number of thioether (sulfide) groups is 1. The van der Waals surface area contributed by atoms with Crippen molar-refractivity contribution in [3.05, 3.63) is 83.9 Å². The average molecular weight is 601 g/mol. The molecule has 3 heterocycles. The molecule has 0 spiro atoms. The lowest BCUT2D eigenvalue weighted by molar-refractivity contribution is -0.122. The van der Waals surface area contributed by atoms with Gasteiger partial charge in [-0.15, -0.1) is 11.8 Å². The standard InChI is InChI=1S/C32H32N4O6S/c1-39-16-6-15-33-27(37)18-35-28(38)19-43-31(22-9-14-25-26(17-22)42-20-41-25)29-30(21-7-4-3-5-8-21)34-36(32(29)35)23-10-12-24(40-2)13-11-23/h3-5,7-14,17,31H,6,15-16,18-20H2,1-2H3,(H,33,37)/t31-/m1/s1. The largest absolute Gasteiger partial charge is 0.497 e. The maximum Gasteiger partial charge on any atom is 0.240 e. The molecular formula is C32H32N4O6S. The highest BCUT2D eigenvalue weighted by molar-refractivity contribution is 8.00. The fraction of sp³-hybridized carbons (Fsp3) is 0.281. The number of aromatic nitrogens is 2. The van der Waals surface area contributed by atoms with Crippen molar-refractivity contribution in [2.45, 2.75) is 11.7 Å². The van der Waals surface area contributed by atoms with Crippen LogP contribution in [0.15, 0.2) is 72.8 Å². The Morgan fingerprint density at radius 3 is 2.60 bits per heavy atom. The number of fused-ring (bicyclic) bond motifs is 2. The number of anilines is 1. The first kappa shape index (κ1) is 28.6. The topological polar surface area (TPSA) is 104 Å². The Hall–Kier alpha value is -4.48. The fourth-order valence-electron chi connectivity index (χ4n) is 5.22. The van der Waals surface area contributed by atoms with Gasteiger partial charge in [-0.2, -0.15) is 5.10 Å². The third-order valence-electron chi connectivity index (χ3n) is 7.30. The van der Waals surface area contributed by atoms with E-state index < -0.39 is 0 Å². The number of ether oxygens (including phenoxy) is 4. The zero-order valence-corrected chi connectivity index (χ0v) is 24.8. The van der Waals surface area contributed by atoms with E-state index in [4.69, 9.17) is 24.0 Å². The van der Waals surface area contributed by atoms with Crippen molar-refractivity contribution < 1.29 is 28.5 Å². The number of amides is 2. The molecule has 0 radical (unpaired) electrons. The van der Waals surface area contributed by atoms with Gasteiger partial charge >= 0.3 is 0 Å². The van der Waals surface area contributed by atoms with Gasteiger partial charge in [0.05, 0.1) is 29.5 Å². The molecule has 2 aliphatic heterocycles. The Morgan fingerprint density at radius 1 is 1.05 bits per heavy atom. The lowest BCUT2D eigenvalue weighted by atomic mass is 9.99. The minimum absolute atomic E-state index is 0.149. The molecule has 1 atom stereocenters. The monoisotopic (exact) mass is 600 g/mol. The quantitative estimate of drug-likeness (QED) is 0.264. The Kier molecular flexibility index (Phi) is 8.52. The first-order valence-corrected chi connectivity index (χ1v) is 15.0. The molecule has 3 aromatic carbocycles. The third kappa shape index (κ3) is 5.91. The van der Waals surface area contributed by atoms with Crippen molar-refractivity contribution >= 4 is 29.4 Å². The number of carbonyl (C=O) groups is 2. The summed E-state index contributed by atoms with van der Waals surface area (Å²) in [6.07, 6.45) is 0.672. The maximum atomic E-state index is 13.9. The van der Waals surface area contributed by atoms with E-state index in [0.717, 1.165) is 28.1 Å². The van der Waals surface area contributed by atoms with Gasteiger partial charge in [0.1, 0.15) is 18.1 Å². The van der Waals surface area contributed by atoms with Crippen LogP contribution in [0.25, 0.3) is 16.9 Å². The van der Waals surface area contributed by atoms with Crippen LogP contribution in [0.5, 0.6) is 17.2 Å². The minimum atomic E-state index is -0.287. The lowest BCUT2D eigenvalue weighted by Crippen LogP contribution is -2.42. The molecule has 11 heteroatoms. The second-order valence-electron chi connectivity index (χ2n) is 10.0. The highest BCUT2D eigenvalue weighted by Gasteiger charge is 2.38. The SMILES string of the molecule is COCCCNC(=O)CN1C(=O)CS[C@H](c2ccc3c(c2)OCO3)c2c(-c3ccccc3)nn(-c3ccc(OC)cc3)c21.